The van der Waals surface area contributed by atoms with Crippen molar-refractivity contribution in [3.8, 4) is 0 Å². The van der Waals surface area contributed by atoms with E-state index >= 15 is 0 Å². The van der Waals surface area contributed by atoms with Gasteiger partial charge in [0.15, 0.2) is 0 Å². The molecule has 1 fully saturated rings. The normalized spacial score (nSPS) is 24.8. The lowest BCUT2D eigenvalue weighted by Gasteiger charge is -2.18. The smallest absolute Gasteiger partial charge is 0.0699 e. The first kappa shape index (κ1) is 12.1. The minimum absolute atomic E-state index is 0.0919. The van der Waals surface area contributed by atoms with Crippen LogP contribution in [-0.2, 0) is 0 Å². The predicted octanol–water partition coefficient (Wildman–Crippen LogP) is 3.27. The predicted molar refractivity (Wildman–Crippen MR) is 69.1 cm³/mol. The highest BCUT2D eigenvalue weighted by molar-refractivity contribution is 9.10. The molecule has 2 rings (SSSR count). The van der Waals surface area contributed by atoms with Crippen LogP contribution in [0.3, 0.4) is 0 Å². The Balaban J connectivity index is 2.29. The molecule has 0 aromatic carbocycles. The van der Waals surface area contributed by atoms with Gasteiger partial charge in [0, 0.05) is 6.04 Å². The van der Waals surface area contributed by atoms with Gasteiger partial charge in [-0.3, -0.25) is 4.68 Å². The molecule has 4 heteroatoms. The summed E-state index contributed by atoms with van der Waals surface area (Å²) >= 11 is 3.56. The van der Waals surface area contributed by atoms with Crippen LogP contribution in [0.25, 0.3) is 0 Å². The summed E-state index contributed by atoms with van der Waals surface area (Å²) in [7, 11) is 0. The van der Waals surface area contributed by atoms with Crippen LogP contribution in [0.5, 0.6) is 0 Å². The maximum atomic E-state index is 6.37. The Labute approximate surface area is 106 Å². The summed E-state index contributed by atoms with van der Waals surface area (Å²) in [6.07, 6.45) is 3.06. The highest BCUT2D eigenvalue weighted by Crippen LogP contribution is 2.57. The SMILES string of the molecule is CC(C)n1ncc(Br)c1C(N)C1CC1(C)C. The fourth-order valence-corrected chi connectivity index (χ4v) is 2.92. The Morgan fingerprint density at radius 2 is 2.12 bits per heavy atom. The van der Waals surface area contributed by atoms with Crippen molar-refractivity contribution < 1.29 is 0 Å². The van der Waals surface area contributed by atoms with E-state index in [1.54, 1.807) is 0 Å². The van der Waals surface area contributed by atoms with Gasteiger partial charge < -0.3 is 5.73 Å². The highest BCUT2D eigenvalue weighted by Gasteiger charge is 2.50. The van der Waals surface area contributed by atoms with Gasteiger partial charge in [-0.2, -0.15) is 5.10 Å². The molecule has 1 aliphatic rings. The molecule has 1 aromatic heterocycles. The van der Waals surface area contributed by atoms with E-state index < -0.39 is 0 Å². The van der Waals surface area contributed by atoms with Gasteiger partial charge in [0.2, 0.25) is 0 Å². The Hall–Kier alpha value is -0.350. The van der Waals surface area contributed by atoms with Crippen molar-refractivity contribution in [2.75, 3.05) is 0 Å². The molecular weight excluding hydrogens is 266 g/mol. The summed E-state index contributed by atoms with van der Waals surface area (Å²) in [4.78, 5) is 0. The minimum atomic E-state index is 0.0919. The van der Waals surface area contributed by atoms with E-state index in [4.69, 9.17) is 5.73 Å². The first-order valence-corrected chi connectivity index (χ1v) is 6.62. The lowest BCUT2D eigenvalue weighted by molar-refractivity contribution is 0.433. The summed E-state index contributed by atoms with van der Waals surface area (Å²) in [6, 6.07) is 0.448. The molecule has 0 saturated heterocycles. The van der Waals surface area contributed by atoms with Crippen molar-refractivity contribution in [1.82, 2.24) is 9.78 Å². The summed E-state index contributed by atoms with van der Waals surface area (Å²) in [6.45, 7) is 8.82. The van der Waals surface area contributed by atoms with Gasteiger partial charge in [-0.25, -0.2) is 0 Å². The van der Waals surface area contributed by atoms with E-state index in [2.05, 4.69) is 48.7 Å². The molecule has 1 heterocycles. The molecule has 0 bridgehead atoms. The maximum Gasteiger partial charge on any atom is 0.0699 e. The standard InChI is InChI=1S/C12H20BrN3/c1-7(2)16-11(9(13)6-15-16)10(14)8-5-12(8,3)4/h6-8,10H,5,14H2,1-4H3. The molecular formula is C12H20BrN3. The number of nitrogens with zero attached hydrogens (tertiary/aromatic N) is 2. The number of aromatic nitrogens is 2. The summed E-state index contributed by atoms with van der Waals surface area (Å²) < 4.78 is 3.07. The first-order valence-electron chi connectivity index (χ1n) is 5.83. The zero-order valence-corrected chi connectivity index (χ0v) is 12.0. The van der Waals surface area contributed by atoms with E-state index in [0.29, 0.717) is 17.4 Å². The molecule has 1 saturated carbocycles. The van der Waals surface area contributed by atoms with Crippen molar-refractivity contribution in [2.45, 2.75) is 46.2 Å². The molecule has 1 aromatic rings. The monoisotopic (exact) mass is 285 g/mol. The third-order valence-electron chi connectivity index (χ3n) is 3.62. The maximum absolute atomic E-state index is 6.37. The van der Waals surface area contributed by atoms with Crippen molar-refractivity contribution in [3.05, 3.63) is 16.4 Å². The number of hydrogen-bond acceptors (Lipinski definition) is 2. The van der Waals surface area contributed by atoms with Crippen LogP contribution in [0.2, 0.25) is 0 Å². The second-order valence-corrected chi connectivity index (χ2v) is 6.60. The molecule has 0 amide bonds. The minimum Gasteiger partial charge on any atom is -0.322 e. The van der Waals surface area contributed by atoms with Gasteiger partial charge in [0.05, 0.1) is 22.4 Å². The van der Waals surface area contributed by atoms with E-state index in [9.17, 15) is 0 Å². The molecule has 2 atom stereocenters. The van der Waals surface area contributed by atoms with Crippen LogP contribution >= 0.6 is 15.9 Å². The van der Waals surface area contributed by atoms with Crippen molar-refractivity contribution in [1.29, 1.82) is 0 Å². The van der Waals surface area contributed by atoms with Crippen molar-refractivity contribution in [2.24, 2.45) is 17.1 Å². The largest absolute Gasteiger partial charge is 0.322 e. The van der Waals surface area contributed by atoms with E-state index in [1.807, 2.05) is 10.9 Å². The van der Waals surface area contributed by atoms with Gasteiger partial charge in [-0.15, -0.1) is 0 Å². The lowest BCUT2D eigenvalue weighted by Crippen LogP contribution is -2.21. The average molecular weight is 286 g/mol. The molecule has 2 N–H and O–H groups in total. The molecule has 1 aliphatic carbocycles. The van der Waals surface area contributed by atoms with Gasteiger partial charge in [0.1, 0.15) is 0 Å². The Morgan fingerprint density at radius 1 is 1.56 bits per heavy atom. The summed E-state index contributed by atoms with van der Waals surface area (Å²) in [5.41, 5.74) is 7.91. The van der Waals surface area contributed by atoms with Crippen molar-refractivity contribution in [3.63, 3.8) is 0 Å². The van der Waals surface area contributed by atoms with Crippen LogP contribution in [-0.4, -0.2) is 9.78 Å². The molecule has 90 valence electrons. The Kier molecular flexibility index (Phi) is 2.91. The number of hydrogen-bond donors (Lipinski definition) is 1. The molecule has 2 unspecified atom stereocenters. The van der Waals surface area contributed by atoms with Gasteiger partial charge in [-0.1, -0.05) is 13.8 Å². The first-order chi connectivity index (χ1) is 7.34. The summed E-state index contributed by atoms with van der Waals surface area (Å²) in [5, 5.41) is 4.38. The Morgan fingerprint density at radius 3 is 2.56 bits per heavy atom. The highest BCUT2D eigenvalue weighted by atomic mass is 79.9. The molecule has 16 heavy (non-hydrogen) atoms. The van der Waals surface area contributed by atoms with Crippen LogP contribution in [0, 0.1) is 11.3 Å². The van der Waals surface area contributed by atoms with Crippen LogP contribution in [0.1, 0.15) is 51.9 Å². The Bertz CT molecular complexity index is 395. The third kappa shape index (κ3) is 1.93. The average Bonchev–Trinajstić information content (AvgIpc) is 2.64. The summed E-state index contributed by atoms with van der Waals surface area (Å²) in [5.74, 6) is 0.581. The molecule has 0 radical (unpaired) electrons. The van der Waals surface area contributed by atoms with Gasteiger partial charge >= 0.3 is 0 Å². The van der Waals surface area contributed by atoms with Gasteiger partial charge in [-0.05, 0) is 47.5 Å². The fraction of sp³-hybridized carbons (Fsp3) is 0.750. The zero-order valence-electron chi connectivity index (χ0n) is 10.4. The topological polar surface area (TPSA) is 43.8 Å². The van der Waals surface area contributed by atoms with E-state index in [-0.39, 0.29) is 6.04 Å². The van der Waals surface area contributed by atoms with Crippen molar-refractivity contribution >= 4 is 15.9 Å². The second kappa shape index (κ2) is 3.84. The molecule has 0 aliphatic heterocycles. The quantitative estimate of drug-likeness (QED) is 0.926. The number of halogens is 1. The van der Waals surface area contributed by atoms with Crippen LogP contribution in [0.15, 0.2) is 10.7 Å². The van der Waals surface area contributed by atoms with Crippen LogP contribution < -0.4 is 5.73 Å². The van der Waals surface area contributed by atoms with E-state index in [1.165, 1.54) is 6.42 Å². The van der Waals surface area contributed by atoms with Gasteiger partial charge in [0.25, 0.3) is 0 Å². The van der Waals surface area contributed by atoms with Crippen LogP contribution in [0.4, 0.5) is 0 Å². The molecule has 3 nitrogen and oxygen atoms in total. The van der Waals surface area contributed by atoms with E-state index in [0.717, 1.165) is 10.2 Å². The molecule has 0 spiro atoms. The fourth-order valence-electron chi connectivity index (χ4n) is 2.39. The third-order valence-corrected chi connectivity index (χ3v) is 4.23. The number of nitrogens with two attached hydrogens (primary N) is 1. The second-order valence-electron chi connectivity index (χ2n) is 5.74. The zero-order chi connectivity index (χ0) is 12.1. The lowest BCUT2D eigenvalue weighted by atomic mass is 10.0. The number of rotatable bonds is 3.